The first-order valence-electron chi connectivity index (χ1n) is 7.39. The number of aliphatic carboxylic acids is 1. The van der Waals surface area contributed by atoms with Gasteiger partial charge in [-0.2, -0.15) is 0 Å². The van der Waals surface area contributed by atoms with Gasteiger partial charge in [-0.1, -0.05) is 50.1 Å². The monoisotopic (exact) mass is 278 g/mol. The molecule has 1 N–H and O–H groups in total. The lowest BCUT2D eigenvalue weighted by atomic mass is 10.1. The minimum Gasteiger partial charge on any atom is -0.481 e. The number of rotatable bonds is 12. The van der Waals surface area contributed by atoms with Crippen molar-refractivity contribution in [2.45, 2.75) is 58.3 Å². The molecule has 0 saturated carbocycles. The second-order valence-corrected chi connectivity index (χ2v) is 4.69. The van der Waals surface area contributed by atoms with Crippen molar-refractivity contribution in [1.82, 2.24) is 0 Å². The van der Waals surface area contributed by atoms with Crippen molar-refractivity contribution in [3.05, 3.63) is 36.5 Å². The molecule has 20 heavy (non-hydrogen) atoms. The summed E-state index contributed by atoms with van der Waals surface area (Å²) >= 11 is 0. The van der Waals surface area contributed by atoms with Crippen LogP contribution < -0.4 is 0 Å². The lowest BCUT2D eigenvalue weighted by Gasteiger charge is -1.93. The molecule has 0 aliphatic heterocycles. The molecular formula is C17H26O3. The Morgan fingerprint density at radius 3 is 2.20 bits per heavy atom. The average Bonchev–Trinajstić information content (AvgIpc) is 2.41. The first-order valence-corrected chi connectivity index (χ1v) is 7.39. The number of carboxylic acid groups (broad SMARTS) is 1. The van der Waals surface area contributed by atoms with Crippen LogP contribution in [0.1, 0.15) is 58.3 Å². The van der Waals surface area contributed by atoms with Crippen LogP contribution >= 0.6 is 0 Å². The Hall–Kier alpha value is -1.64. The van der Waals surface area contributed by atoms with E-state index in [0.29, 0.717) is 12.8 Å². The Bertz CT molecular complexity index is 351. The molecule has 0 heterocycles. The largest absolute Gasteiger partial charge is 0.481 e. The van der Waals surface area contributed by atoms with Crippen molar-refractivity contribution in [3.63, 3.8) is 0 Å². The zero-order valence-corrected chi connectivity index (χ0v) is 12.4. The zero-order valence-electron chi connectivity index (χ0n) is 12.4. The van der Waals surface area contributed by atoms with Crippen molar-refractivity contribution in [2.24, 2.45) is 0 Å². The standard InChI is InChI=1S/C17H26O3/c1-2-3-10-13-16(18)14-11-8-6-4-5-7-9-12-15-17(19)20/h4-5,7,9,11,14H,2-3,6,8,10,12-13,15H2,1H3,(H,19,20)/b5-4+,9-7+,14-11+. The van der Waals surface area contributed by atoms with E-state index in [1.54, 1.807) is 6.08 Å². The summed E-state index contributed by atoms with van der Waals surface area (Å²) in [4.78, 5) is 21.7. The van der Waals surface area contributed by atoms with Crippen LogP contribution in [0.2, 0.25) is 0 Å². The van der Waals surface area contributed by atoms with Gasteiger partial charge in [0.25, 0.3) is 0 Å². The molecule has 0 aromatic carbocycles. The summed E-state index contributed by atoms with van der Waals surface area (Å²) in [6.07, 6.45) is 17.6. The minimum absolute atomic E-state index is 0.174. The fourth-order valence-corrected chi connectivity index (χ4v) is 1.60. The van der Waals surface area contributed by atoms with Crippen molar-refractivity contribution in [1.29, 1.82) is 0 Å². The maximum absolute atomic E-state index is 11.4. The lowest BCUT2D eigenvalue weighted by molar-refractivity contribution is -0.136. The molecular weight excluding hydrogens is 252 g/mol. The Morgan fingerprint density at radius 2 is 1.55 bits per heavy atom. The molecule has 3 nitrogen and oxygen atoms in total. The maximum Gasteiger partial charge on any atom is 0.303 e. The topological polar surface area (TPSA) is 54.4 Å². The van der Waals surface area contributed by atoms with Crippen LogP contribution in [-0.2, 0) is 9.59 Å². The van der Waals surface area contributed by atoms with Crippen molar-refractivity contribution < 1.29 is 14.7 Å². The number of carbonyl (C=O) groups excluding carboxylic acids is 1. The van der Waals surface area contributed by atoms with E-state index in [1.807, 2.05) is 30.4 Å². The minimum atomic E-state index is -0.771. The van der Waals surface area contributed by atoms with Crippen molar-refractivity contribution in [3.8, 4) is 0 Å². The van der Waals surface area contributed by atoms with E-state index in [1.165, 1.54) is 0 Å². The normalized spacial score (nSPS) is 11.8. The van der Waals surface area contributed by atoms with E-state index in [-0.39, 0.29) is 12.2 Å². The van der Waals surface area contributed by atoms with Gasteiger partial charge in [-0.05, 0) is 31.8 Å². The Morgan fingerprint density at radius 1 is 0.900 bits per heavy atom. The summed E-state index contributed by atoms with van der Waals surface area (Å²) < 4.78 is 0. The third kappa shape index (κ3) is 14.4. The molecule has 3 heteroatoms. The second-order valence-electron chi connectivity index (χ2n) is 4.69. The number of hydrogen-bond donors (Lipinski definition) is 1. The second kappa shape index (κ2) is 13.8. The number of hydrogen-bond acceptors (Lipinski definition) is 2. The summed E-state index contributed by atoms with van der Waals surface area (Å²) in [6.45, 7) is 2.13. The number of ketones is 1. The summed E-state index contributed by atoms with van der Waals surface area (Å²) in [5, 5.41) is 8.44. The summed E-state index contributed by atoms with van der Waals surface area (Å²) in [7, 11) is 0. The van der Waals surface area contributed by atoms with Gasteiger partial charge in [-0.25, -0.2) is 0 Å². The highest BCUT2D eigenvalue weighted by atomic mass is 16.4. The van der Waals surface area contributed by atoms with Crippen molar-refractivity contribution in [2.75, 3.05) is 0 Å². The van der Waals surface area contributed by atoms with Gasteiger partial charge in [0.05, 0.1) is 0 Å². The van der Waals surface area contributed by atoms with Crippen LogP contribution in [0.4, 0.5) is 0 Å². The van der Waals surface area contributed by atoms with E-state index in [9.17, 15) is 9.59 Å². The van der Waals surface area contributed by atoms with Crippen LogP contribution in [-0.4, -0.2) is 16.9 Å². The highest BCUT2D eigenvalue weighted by Gasteiger charge is 1.94. The van der Waals surface area contributed by atoms with Gasteiger partial charge in [0.1, 0.15) is 0 Å². The number of allylic oxidation sites excluding steroid dienone is 6. The molecule has 0 radical (unpaired) electrons. The van der Waals surface area contributed by atoms with Gasteiger partial charge in [0, 0.05) is 12.8 Å². The van der Waals surface area contributed by atoms with E-state index < -0.39 is 5.97 Å². The van der Waals surface area contributed by atoms with Crippen LogP contribution in [0.5, 0.6) is 0 Å². The number of carboxylic acids is 1. The van der Waals surface area contributed by atoms with Gasteiger partial charge >= 0.3 is 5.97 Å². The summed E-state index contributed by atoms with van der Waals surface area (Å²) in [5.41, 5.74) is 0. The maximum atomic E-state index is 11.4. The first kappa shape index (κ1) is 18.4. The molecule has 0 aromatic rings. The zero-order chi connectivity index (χ0) is 15.1. The Labute approximate surface area is 122 Å². The van der Waals surface area contributed by atoms with E-state index in [0.717, 1.165) is 32.1 Å². The number of carbonyl (C=O) groups is 2. The van der Waals surface area contributed by atoms with Gasteiger partial charge in [-0.15, -0.1) is 0 Å². The molecule has 0 spiro atoms. The molecule has 0 unspecified atom stereocenters. The van der Waals surface area contributed by atoms with Crippen LogP contribution in [0.15, 0.2) is 36.5 Å². The molecule has 0 rings (SSSR count). The molecule has 112 valence electrons. The molecule has 0 aromatic heterocycles. The summed E-state index contributed by atoms with van der Waals surface area (Å²) in [5.74, 6) is -0.552. The molecule has 0 saturated heterocycles. The third-order valence-electron chi connectivity index (χ3n) is 2.74. The van der Waals surface area contributed by atoms with E-state index >= 15 is 0 Å². The lowest BCUT2D eigenvalue weighted by Crippen LogP contribution is -1.91. The SMILES string of the molecule is CCCCCC(=O)/C=C/CC/C=C/C=C/CCC(=O)O. The van der Waals surface area contributed by atoms with Crippen LogP contribution in [0, 0.1) is 0 Å². The van der Waals surface area contributed by atoms with E-state index in [4.69, 9.17) is 5.11 Å². The average molecular weight is 278 g/mol. The molecule has 0 aliphatic rings. The Kier molecular flexibility index (Phi) is 12.7. The fraction of sp³-hybridized carbons (Fsp3) is 0.529. The van der Waals surface area contributed by atoms with Gasteiger partial charge in [-0.3, -0.25) is 9.59 Å². The molecule has 0 atom stereocenters. The van der Waals surface area contributed by atoms with Gasteiger partial charge in [0.2, 0.25) is 0 Å². The van der Waals surface area contributed by atoms with Crippen LogP contribution in [0.3, 0.4) is 0 Å². The number of unbranched alkanes of at least 4 members (excludes halogenated alkanes) is 3. The molecule has 0 amide bonds. The first-order chi connectivity index (χ1) is 9.66. The highest BCUT2D eigenvalue weighted by molar-refractivity contribution is 5.89. The smallest absolute Gasteiger partial charge is 0.303 e. The van der Waals surface area contributed by atoms with E-state index in [2.05, 4.69) is 6.92 Å². The predicted molar refractivity (Wildman–Crippen MR) is 82.7 cm³/mol. The quantitative estimate of drug-likeness (QED) is 0.326. The molecule has 0 aliphatic carbocycles. The summed E-state index contributed by atoms with van der Waals surface area (Å²) in [6, 6.07) is 0. The van der Waals surface area contributed by atoms with Crippen LogP contribution in [0.25, 0.3) is 0 Å². The highest BCUT2D eigenvalue weighted by Crippen LogP contribution is 2.01. The van der Waals surface area contributed by atoms with Gasteiger partial charge < -0.3 is 5.11 Å². The molecule has 0 fully saturated rings. The third-order valence-corrected chi connectivity index (χ3v) is 2.74. The molecule has 0 bridgehead atoms. The predicted octanol–water partition coefficient (Wildman–Crippen LogP) is 4.45. The van der Waals surface area contributed by atoms with Gasteiger partial charge in [0.15, 0.2) is 5.78 Å². The van der Waals surface area contributed by atoms with Crippen molar-refractivity contribution >= 4 is 11.8 Å². The fourth-order valence-electron chi connectivity index (χ4n) is 1.60. The Balaban J connectivity index is 3.54.